The van der Waals surface area contributed by atoms with Crippen LogP contribution in [0, 0.1) is 0 Å². The highest BCUT2D eigenvalue weighted by Crippen LogP contribution is 2.22. The second-order valence-corrected chi connectivity index (χ2v) is 5.82. The summed E-state index contributed by atoms with van der Waals surface area (Å²) in [7, 11) is 0. The molecule has 0 spiro atoms. The fourth-order valence-corrected chi connectivity index (χ4v) is 3.13. The standard InChI is InChI=1S/C16H27N3O/c1-4-14-11-16(19(5-2)17-14)12-18-9-7-6-8-15(18)10-13(3)20/h11,15H,4-10,12H2,1-3H3. The van der Waals surface area contributed by atoms with Crippen molar-refractivity contribution in [2.45, 2.75) is 72.0 Å². The maximum atomic E-state index is 11.4. The van der Waals surface area contributed by atoms with Crippen LogP contribution in [-0.4, -0.2) is 33.1 Å². The molecule has 1 aromatic rings. The third-order valence-electron chi connectivity index (χ3n) is 4.21. The van der Waals surface area contributed by atoms with Crippen molar-refractivity contribution in [1.29, 1.82) is 0 Å². The lowest BCUT2D eigenvalue weighted by molar-refractivity contribution is -0.118. The molecule has 4 nitrogen and oxygen atoms in total. The van der Waals surface area contributed by atoms with Gasteiger partial charge in [-0.1, -0.05) is 13.3 Å². The predicted molar refractivity (Wildman–Crippen MR) is 80.6 cm³/mol. The maximum absolute atomic E-state index is 11.4. The first-order valence-electron chi connectivity index (χ1n) is 7.93. The summed E-state index contributed by atoms with van der Waals surface area (Å²) in [5.41, 5.74) is 2.46. The Balaban J connectivity index is 2.09. The molecule has 1 unspecified atom stereocenters. The van der Waals surface area contributed by atoms with Crippen LogP contribution in [-0.2, 0) is 24.3 Å². The summed E-state index contributed by atoms with van der Waals surface area (Å²) in [6.45, 7) is 8.94. The summed E-state index contributed by atoms with van der Waals surface area (Å²) < 4.78 is 2.11. The number of carbonyl (C=O) groups is 1. The molecule has 2 heterocycles. The number of aryl methyl sites for hydroxylation is 2. The number of piperidine rings is 1. The molecule has 0 aromatic carbocycles. The van der Waals surface area contributed by atoms with Crippen LogP contribution in [0.3, 0.4) is 0 Å². The topological polar surface area (TPSA) is 38.1 Å². The Bertz CT molecular complexity index is 453. The Morgan fingerprint density at radius 2 is 2.20 bits per heavy atom. The van der Waals surface area contributed by atoms with Gasteiger partial charge in [0, 0.05) is 25.6 Å². The van der Waals surface area contributed by atoms with Gasteiger partial charge >= 0.3 is 0 Å². The highest BCUT2D eigenvalue weighted by molar-refractivity contribution is 5.76. The third-order valence-corrected chi connectivity index (χ3v) is 4.21. The number of ketones is 1. The van der Waals surface area contributed by atoms with Crippen LogP contribution < -0.4 is 0 Å². The number of rotatable bonds is 6. The van der Waals surface area contributed by atoms with Gasteiger partial charge in [-0.05, 0) is 45.7 Å². The fourth-order valence-electron chi connectivity index (χ4n) is 3.13. The molecule has 1 atom stereocenters. The SMILES string of the molecule is CCc1cc(CN2CCCCC2CC(C)=O)n(CC)n1. The summed E-state index contributed by atoms with van der Waals surface area (Å²) in [5, 5.41) is 4.62. The molecule has 1 fully saturated rings. The van der Waals surface area contributed by atoms with E-state index in [1.807, 2.05) is 0 Å². The van der Waals surface area contributed by atoms with Crippen LogP contribution in [0.25, 0.3) is 0 Å². The van der Waals surface area contributed by atoms with Crippen LogP contribution in [0.2, 0.25) is 0 Å². The average molecular weight is 277 g/mol. The number of Topliss-reactive ketones (excluding diaryl/α,β-unsaturated/α-hetero) is 1. The molecule has 20 heavy (non-hydrogen) atoms. The van der Waals surface area contributed by atoms with Crippen molar-refractivity contribution >= 4 is 5.78 Å². The van der Waals surface area contributed by atoms with Gasteiger partial charge in [-0.15, -0.1) is 0 Å². The zero-order valence-corrected chi connectivity index (χ0v) is 13.1. The molecule has 0 N–H and O–H groups in total. The molecule has 0 amide bonds. The van der Waals surface area contributed by atoms with Crippen molar-refractivity contribution < 1.29 is 4.79 Å². The molecule has 112 valence electrons. The van der Waals surface area contributed by atoms with E-state index < -0.39 is 0 Å². The molecule has 0 bridgehead atoms. The smallest absolute Gasteiger partial charge is 0.131 e. The highest BCUT2D eigenvalue weighted by Gasteiger charge is 2.24. The molecule has 0 saturated carbocycles. The number of hydrogen-bond acceptors (Lipinski definition) is 3. The molecule has 1 aliphatic rings. The van der Waals surface area contributed by atoms with Crippen LogP contribution in [0.1, 0.15) is 57.8 Å². The molecule has 0 radical (unpaired) electrons. The maximum Gasteiger partial charge on any atom is 0.131 e. The Morgan fingerprint density at radius 3 is 2.85 bits per heavy atom. The normalized spacial score (nSPS) is 20.2. The molecular formula is C16H27N3O. The Hall–Kier alpha value is -1.16. The highest BCUT2D eigenvalue weighted by atomic mass is 16.1. The lowest BCUT2D eigenvalue weighted by atomic mass is 9.97. The van der Waals surface area contributed by atoms with Gasteiger partial charge in [0.15, 0.2) is 0 Å². The van der Waals surface area contributed by atoms with Crippen LogP contribution in [0.5, 0.6) is 0 Å². The van der Waals surface area contributed by atoms with Gasteiger partial charge in [-0.25, -0.2) is 0 Å². The quantitative estimate of drug-likeness (QED) is 0.802. The second-order valence-electron chi connectivity index (χ2n) is 5.82. The Morgan fingerprint density at radius 1 is 1.40 bits per heavy atom. The van der Waals surface area contributed by atoms with E-state index >= 15 is 0 Å². The minimum absolute atomic E-state index is 0.306. The van der Waals surface area contributed by atoms with E-state index in [2.05, 4.69) is 34.6 Å². The number of hydrogen-bond donors (Lipinski definition) is 0. The van der Waals surface area contributed by atoms with Gasteiger partial charge in [0.25, 0.3) is 0 Å². The number of nitrogens with zero attached hydrogens (tertiary/aromatic N) is 3. The lowest BCUT2D eigenvalue weighted by Gasteiger charge is -2.35. The average Bonchev–Trinajstić information content (AvgIpc) is 2.82. The van der Waals surface area contributed by atoms with E-state index in [9.17, 15) is 4.79 Å². The minimum Gasteiger partial charge on any atom is -0.300 e. The summed E-state index contributed by atoms with van der Waals surface area (Å²) in [4.78, 5) is 13.9. The van der Waals surface area contributed by atoms with Gasteiger partial charge in [0.2, 0.25) is 0 Å². The van der Waals surface area contributed by atoms with Crippen molar-refractivity contribution in [3.05, 3.63) is 17.5 Å². The number of carbonyl (C=O) groups excluding carboxylic acids is 1. The summed E-state index contributed by atoms with van der Waals surface area (Å²) in [6.07, 6.45) is 5.33. The summed E-state index contributed by atoms with van der Waals surface area (Å²) in [6, 6.07) is 2.65. The van der Waals surface area contributed by atoms with Gasteiger partial charge in [-0.2, -0.15) is 5.10 Å². The van der Waals surface area contributed by atoms with E-state index in [0.29, 0.717) is 18.2 Å². The van der Waals surface area contributed by atoms with E-state index in [-0.39, 0.29) is 0 Å². The summed E-state index contributed by atoms with van der Waals surface area (Å²) in [5.74, 6) is 0.306. The molecule has 1 aromatic heterocycles. The molecule has 2 rings (SSSR count). The van der Waals surface area contributed by atoms with Crippen LogP contribution >= 0.6 is 0 Å². The molecule has 1 aliphatic heterocycles. The zero-order valence-electron chi connectivity index (χ0n) is 13.1. The van der Waals surface area contributed by atoms with E-state index in [4.69, 9.17) is 0 Å². The van der Waals surface area contributed by atoms with Crippen molar-refractivity contribution in [2.24, 2.45) is 0 Å². The molecule has 4 heteroatoms. The monoisotopic (exact) mass is 277 g/mol. The fraction of sp³-hybridized carbons (Fsp3) is 0.750. The van der Waals surface area contributed by atoms with E-state index in [1.165, 1.54) is 24.2 Å². The van der Waals surface area contributed by atoms with Crippen molar-refractivity contribution in [1.82, 2.24) is 14.7 Å². The number of aromatic nitrogens is 2. The van der Waals surface area contributed by atoms with Gasteiger partial charge < -0.3 is 0 Å². The van der Waals surface area contributed by atoms with E-state index in [0.717, 1.165) is 32.5 Å². The Kier molecular flexibility index (Phi) is 5.35. The van der Waals surface area contributed by atoms with Gasteiger partial charge in [-0.3, -0.25) is 14.4 Å². The van der Waals surface area contributed by atoms with Crippen molar-refractivity contribution in [3.8, 4) is 0 Å². The molecular weight excluding hydrogens is 250 g/mol. The minimum atomic E-state index is 0.306. The number of likely N-dealkylation sites (tertiary alicyclic amines) is 1. The Labute approximate surface area is 122 Å². The largest absolute Gasteiger partial charge is 0.300 e. The zero-order chi connectivity index (χ0) is 14.5. The van der Waals surface area contributed by atoms with E-state index in [1.54, 1.807) is 6.92 Å². The van der Waals surface area contributed by atoms with Crippen LogP contribution in [0.15, 0.2) is 6.07 Å². The molecule has 1 saturated heterocycles. The first-order valence-corrected chi connectivity index (χ1v) is 7.93. The molecule has 0 aliphatic carbocycles. The second kappa shape index (κ2) is 7.02. The lowest BCUT2D eigenvalue weighted by Crippen LogP contribution is -2.40. The predicted octanol–water partition coefficient (Wildman–Crippen LogP) is 2.80. The third kappa shape index (κ3) is 3.69. The summed E-state index contributed by atoms with van der Waals surface area (Å²) >= 11 is 0. The first-order chi connectivity index (χ1) is 9.63. The van der Waals surface area contributed by atoms with Crippen molar-refractivity contribution in [2.75, 3.05) is 6.54 Å². The van der Waals surface area contributed by atoms with Gasteiger partial charge in [0.1, 0.15) is 5.78 Å². The van der Waals surface area contributed by atoms with Crippen LogP contribution in [0.4, 0.5) is 0 Å². The van der Waals surface area contributed by atoms with Crippen molar-refractivity contribution in [3.63, 3.8) is 0 Å². The first kappa shape index (κ1) is 15.2. The van der Waals surface area contributed by atoms with Gasteiger partial charge in [0.05, 0.1) is 11.4 Å².